The van der Waals surface area contributed by atoms with E-state index in [0.717, 1.165) is 30.5 Å². The predicted octanol–water partition coefficient (Wildman–Crippen LogP) is 8.58. The van der Waals surface area contributed by atoms with Crippen molar-refractivity contribution >= 4 is 22.4 Å². The van der Waals surface area contributed by atoms with Crippen LogP contribution in [-0.2, 0) is 17.6 Å². The van der Waals surface area contributed by atoms with E-state index in [0.29, 0.717) is 6.54 Å². The molecule has 228 valence electrons. The van der Waals surface area contributed by atoms with E-state index >= 15 is 0 Å². The van der Waals surface area contributed by atoms with Crippen LogP contribution in [0.3, 0.4) is 0 Å². The number of carbonyl (C=O) groups is 1. The molecule has 0 atom stereocenters. The molecular weight excluding hydrogens is 516 g/mol. The molecule has 1 aromatic heterocycles. The number of allylic oxidation sites excluding steroid dienone is 5. The summed E-state index contributed by atoms with van der Waals surface area (Å²) < 4.78 is 0. The Morgan fingerprint density at radius 2 is 1.52 bits per heavy atom. The van der Waals surface area contributed by atoms with Crippen LogP contribution >= 0.6 is 0 Å². The van der Waals surface area contributed by atoms with Crippen LogP contribution in [0.25, 0.3) is 16.5 Å². The lowest BCUT2D eigenvalue weighted by Crippen LogP contribution is -2.50. The van der Waals surface area contributed by atoms with Crippen LogP contribution in [0.1, 0.15) is 98.3 Å². The van der Waals surface area contributed by atoms with Gasteiger partial charge in [0.15, 0.2) is 0 Å². The van der Waals surface area contributed by atoms with Crippen LogP contribution < -0.4 is 16.4 Å². The molecule has 5 nitrogen and oxygen atoms in total. The van der Waals surface area contributed by atoms with Gasteiger partial charge in [-0.05, 0) is 89.1 Å². The maximum absolute atomic E-state index is 12.3. The fraction of sp³-hybridized carbons (Fsp3) is 0.432. The smallest absolute Gasteiger partial charge is 0.239 e. The number of para-hydroxylation sites is 1. The van der Waals surface area contributed by atoms with Gasteiger partial charge in [-0.2, -0.15) is 0 Å². The monoisotopic (exact) mass is 570 g/mol. The summed E-state index contributed by atoms with van der Waals surface area (Å²) in [7, 11) is 0. The molecule has 0 aliphatic heterocycles. The normalized spacial score (nSPS) is 13.1. The van der Waals surface area contributed by atoms with Crippen LogP contribution in [0.5, 0.6) is 0 Å². The number of nitrogens with two attached hydrogens (primary N) is 1. The van der Waals surface area contributed by atoms with Crippen LogP contribution in [-0.4, -0.2) is 23.0 Å². The van der Waals surface area contributed by atoms with E-state index < -0.39 is 5.54 Å². The average Bonchev–Trinajstić information content (AvgIpc) is 3.40. The Labute approximate surface area is 254 Å². The third-order valence-electron chi connectivity index (χ3n) is 7.84. The van der Waals surface area contributed by atoms with Crippen molar-refractivity contribution in [2.75, 3.05) is 6.54 Å². The Kier molecular flexibility index (Phi) is 13.8. The number of aryl methyl sites for hydroxylation is 1. The number of carbonyl (C=O) groups excluding carboxylic acids is 1. The van der Waals surface area contributed by atoms with Crippen molar-refractivity contribution in [1.82, 2.24) is 15.6 Å². The Morgan fingerprint density at radius 3 is 2.14 bits per heavy atom. The third kappa shape index (κ3) is 10.1. The van der Waals surface area contributed by atoms with E-state index in [9.17, 15) is 4.79 Å². The van der Waals surface area contributed by atoms with Crippen molar-refractivity contribution in [2.45, 2.75) is 100.0 Å². The van der Waals surface area contributed by atoms with Crippen molar-refractivity contribution < 1.29 is 4.79 Å². The molecule has 2 aromatic carbocycles. The Balaban J connectivity index is 0.000000395. The van der Waals surface area contributed by atoms with Gasteiger partial charge in [0.05, 0.1) is 12.1 Å². The van der Waals surface area contributed by atoms with E-state index in [4.69, 9.17) is 5.73 Å². The van der Waals surface area contributed by atoms with Crippen molar-refractivity contribution in [2.24, 2.45) is 5.73 Å². The van der Waals surface area contributed by atoms with Gasteiger partial charge in [0.2, 0.25) is 5.91 Å². The van der Waals surface area contributed by atoms with Gasteiger partial charge in [0, 0.05) is 34.9 Å². The van der Waals surface area contributed by atoms with Gasteiger partial charge in [-0.15, -0.1) is 0 Å². The van der Waals surface area contributed by atoms with E-state index in [1.54, 1.807) is 13.8 Å². The quantitative estimate of drug-likeness (QED) is 0.176. The molecule has 5 heteroatoms. The Bertz CT molecular complexity index is 1400. The second-order valence-electron chi connectivity index (χ2n) is 11.7. The molecule has 3 aromatic rings. The second kappa shape index (κ2) is 16.8. The summed E-state index contributed by atoms with van der Waals surface area (Å²) in [6.07, 6.45) is 9.34. The van der Waals surface area contributed by atoms with Crippen molar-refractivity contribution in [3.63, 3.8) is 0 Å². The zero-order valence-corrected chi connectivity index (χ0v) is 27.5. The maximum Gasteiger partial charge on any atom is 0.239 e. The highest BCUT2D eigenvalue weighted by Crippen LogP contribution is 2.23. The number of rotatable bonds is 12. The third-order valence-corrected chi connectivity index (χ3v) is 7.84. The molecular formula is C37H54N4O. The summed E-state index contributed by atoms with van der Waals surface area (Å²) in [5.74, 6) is -0.157. The minimum absolute atomic E-state index is 0.157. The van der Waals surface area contributed by atoms with E-state index in [2.05, 4.69) is 119 Å². The van der Waals surface area contributed by atoms with Crippen molar-refractivity contribution in [3.8, 4) is 0 Å². The van der Waals surface area contributed by atoms with Gasteiger partial charge in [0.25, 0.3) is 0 Å². The van der Waals surface area contributed by atoms with E-state index in [1.165, 1.54) is 57.3 Å². The molecule has 0 saturated carbocycles. The first-order valence-electron chi connectivity index (χ1n) is 15.4. The summed E-state index contributed by atoms with van der Waals surface area (Å²) in [6, 6.07) is 17.0. The van der Waals surface area contributed by atoms with Gasteiger partial charge in [0.1, 0.15) is 0 Å². The molecule has 0 aliphatic rings. The first-order chi connectivity index (χ1) is 20.0. The lowest BCUT2D eigenvalue weighted by molar-refractivity contribution is -0.125. The zero-order chi connectivity index (χ0) is 31.3. The predicted molar refractivity (Wildman–Crippen MR) is 182 cm³/mol. The summed E-state index contributed by atoms with van der Waals surface area (Å²) >= 11 is 0. The lowest BCUT2D eigenvalue weighted by Gasteiger charge is -2.22. The number of H-pyrrole nitrogens is 1. The number of hydrogen-bond acceptors (Lipinski definition) is 3. The van der Waals surface area contributed by atoms with Crippen LogP contribution in [0.4, 0.5) is 0 Å². The van der Waals surface area contributed by atoms with Crippen LogP contribution in [0.15, 0.2) is 83.3 Å². The molecule has 0 saturated heterocycles. The fourth-order valence-electron chi connectivity index (χ4n) is 4.63. The Hall–Kier alpha value is -3.57. The first-order valence-corrected chi connectivity index (χ1v) is 15.4. The molecule has 0 bridgehead atoms. The Morgan fingerprint density at radius 1 is 0.905 bits per heavy atom. The van der Waals surface area contributed by atoms with E-state index in [1.807, 2.05) is 6.07 Å². The average molecular weight is 571 g/mol. The summed E-state index contributed by atoms with van der Waals surface area (Å²) in [5, 5.41) is 7.87. The lowest BCUT2D eigenvalue weighted by atomic mass is 9.98. The highest BCUT2D eigenvalue weighted by Gasteiger charge is 2.22. The minimum atomic E-state index is -0.896. The van der Waals surface area contributed by atoms with Crippen molar-refractivity contribution in [1.29, 1.82) is 0 Å². The number of amides is 1. The highest BCUT2D eigenvalue weighted by molar-refractivity contribution is 5.85. The van der Waals surface area contributed by atoms with Crippen LogP contribution in [0, 0.1) is 0 Å². The highest BCUT2D eigenvalue weighted by atomic mass is 16.2. The maximum atomic E-state index is 12.3. The molecule has 42 heavy (non-hydrogen) atoms. The summed E-state index contributed by atoms with van der Waals surface area (Å²) in [4.78, 5) is 15.6. The molecule has 1 amide bonds. The standard InChI is InChI=1S/C24H36N4O.C13H18/c1-7-16(3)21(13-18-14-26-20-12-10-9-11-19(18)20)28-22(17(4)8-2)15-27-23(29)24(5,6)25;1-4-8-12-9-6-7-10-13(12)11(3)5-2/h9-12,14,26,28H,7-8,13,15,25H2,1-6H3,(H,27,29);5-7,9-10H,4,8H2,1-3H3/b21-16?,22-17+;11-5-. The molecule has 0 radical (unpaired) electrons. The summed E-state index contributed by atoms with van der Waals surface area (Å²) in [6.45, 7) is 18.9. The molecule has 0 unspecified atom stereocenters. The van der Waals surface area contributed by atoms with E-state index in [-0.39, 0.29) is 5.91 Å². The number of aromatic amines is 1. The first kappa shape index (κ1) is 34.6. The van der Waals surface area contributed by atoms with Gasteiger partial charge in [-0.1, -0.05) is 86.9 Å². The molecule has 0 aliphatic carbocycles. The number of benzene rings is 2. The van der Waals surface area contributed by atoms with Gasteiger partial charge in [-0.25, -0.2) is 0 Å². The molecule has 0 spiro atoms. The van der Waals surface area contributed by atoms with Gasteiger partial charge in [-0.3, -0.25) is 4.79 Å². The molecule has 0 fully saturated rings. The number of aromatic nitrogens is 1. The molecule has 1 heterocycles. The zero-order valence-electron chi connectivity index (χ0n) is 27.5. The van der Waals surface area contributed by atoms with Gasteiger partial charge < -0.3 is 21.4 Å². The molecule has 3 rings (SSSR count). The summed E-state index contributed by atoms with van der Waals surface area (Å²) in [5.41, 5.74) is 16.4. The topological polar surface area (TPSA) is 82.9 Å². The fourth-order valence-corrected chi connectivity index (χ4v) is 4.63. The number of nitrogens with one attached hydrogen (secondary N) is 3. The number of fused-ring (bicyclic) bond motifs is 1. The minimum Gasteiger partial charge on any atom is -0.361 e. The second-order valence-corrected chi connectivity index (χ2v) is 11.7. The molecule has 5 N–H and O–H groups in total. The van der Waals surface area contributed by atoms with Crippen molar-refractivity contribution in [3.05, 3.63) is 100 Å². The SMILES string of the molecule is C/C=C(/C)c1ccccc1CCC.CCC(C)=C(Cc1c[nH]c2ccccc12)N/C(CNC(=O)C(C)(C)N)=C(\C)CC. The van der Waals surface area contributed by atoms with Gasteiger partial charge >= 0.3 is 0 Å². The number of hydrogen-bond donors (Lipinski definition) is 4. The largest absolute Gasteiger partial charge is 0.361 e. The van der Waals surface area contributed by atoms with Crippen LogP contribution in [0.2, 0.25) is 0 Å².